The molecule has 3 heteroatoms. The van der Waals surface area contributed by atoms with Gasteiger partial charge in [-0.2, -0.15) is 0 Å². The first-order chi connectivity index (χ1) is 6.42. The summed E-state index contributed by atoms with van der Waals surface area (Å²) in [4.78, 5) is 4.11. The zero-order valence-corrected chi connectivity index (χ0v) is 7.88. The maximum absolute atomic E-state index is 5.48. The van der Waals surface area contributed by atoms with Gasteiger partial charge in [0, 0.05) is 12.0 Å². The highest BCUT2D eigenvalue weighted by Gasteiger charge is 2.19. The average Bonchev–Trinajstić information content (AvgIpc) is 2.19. The lowest BCUT2D eigenvalue weighted by Gasteiger charge is -2.21. The van der Waals surface area contributed by atoms with E-state index in [-0.39, 0.29) is 6.04 Å². The minimum Gasteiger partial charge on any atom is -0.493 e. The molecule has 2 nitrogen and oxygen atoms in total. The molecule has 0 bridgehead atoms. The lowest BCUT2D eigenvalue weighted by molar-refractivity contribution is 0.270. The van der Waals surface area contributed by atoms with Gasteiger partial charge in [-0.3, -0.25) is 0 Å². The number of para-hydroxylation sites is 1. The van der Waals surface area contributed by atoms with Crippen molar-refractivity contribution in [1.82, 2.24) is 0 Å². The highest BCUT2D eigenvalue weighted by atomic mass is 32.1. The average molecular weight is 191 g/mol. The number of isothiocyanates is 1. The van der Waals surface area contributed by atoms with E-state index < -0.39 is 0 Å². The van der Waals surface area contributed by atoms with E-state index in [4.69, 9.17) is 4.74 Å². The van der Waals surface area contributed by atoms with E-state index in [0.717, 1.165) is 17.7 Å². The van der Waals surface area contributed by atoms with Crippen molar-refractivity contribution in [3.8, 4) is 5.75 Å². The third-order valence-electron chi connectivity index (χ3n) is 2.14. The Kier molecular flexibility index (Phi) is 2.39. The number of thiocarbonyl (C=S) groups is 1. The Bertz CT molecular complexity index is 358. The van der Waals surface area contributed by atoms with Crippen molar-refractivity contribution in [2.45, 2.75) is 12.5 Å². The summed E-state index contributed by atoms with van der Waals surface area (Å²) >= 11 is 4.60. The van der Waals surface area contributed by atoms with Crippen LogP contribution in [-0.2, 0) is 0 Å². The van der Waals surface area contributed by atoms with Crippen LogP contribution in [0.4, 0.5) is 0 Å². The second-order valence-electron chi connectivity index (χ2n) is 2.91. The van der Waals surface area contributed by atoms with Crippen molar-refractivity contribution in [2.24, 2.45) is 4.99 Å². The van der Waals surface area contributed by atoms with Gasteiger partial charge in [-0.15, -0.1) is 0 Å². The van der Waals surface area contributed by atoms with Crippen LogP contribution in [0.25, 0.3) is 0 Å². The van der Waals surface area contributed by atoms with Crippen molar-refractivity contribution in [1.29, 1.82) is 0 Å². The molecule has 1 atom stereocenters. The van der Waals surface area contributed by atoms with Crippen LogP contribution in [0.1, 0.15) is 18.0 Å². The Morgan fingerprint density at radius 1 is 1.46 bits per heavy atom. The fraction of sp³-hybridized carbons (Fsp3) is 0.300. The number of ether oxygens (including phenoxy) is 1. The van der Waals surface area contributed by atoms with Gasteiger partial charge in [-0.05, 0) is 18.3 Å². The second kappa shape index (κ2) is 3.69. The van der Waals surface area contributed by atoms with Crippen LogP contribution in [0, 0.1) is 0 Å². The monoisotopic (exact) mass is 191 g/mol. The molecule has 66 valence electrons. The maximum atomic E-state index is 5.48. The zero-order chi connectivity index (χ0) is 9.10. The van der Waals surface area contributed by atoms with Crippen molar-refractivity contribution in [3.05, 3.63) is 29.8 Å². The first-order valence-electron chi connectivity index (χ1n) is 4.20. The fourth-order valence-electron chi connectivity index (χ4n) is 1.52. The third-order valence-corrected chi connectivity index (χ3v) is 2.24. The van der Waals surface area contributed by atoms with Gasteiger partial charge in [-0.25, -0.2) is 4.99 Å². The molecule has 0 fully saturated rings. The van der Waals surface area contributed by atoms with Gasteiger partial charge < -0.3 is 4.74 Å². The van der Waals surface area contributed by atoms with Crippen molar-refractivity contribution in [3.63, 3.8) is 0 Å². The highest BCUT2D eigenvalue weighted by molar-refractivity contribution is 7.78. The van der Waals surface area contributed by atoms with E-state index in [1.807, 2.05) is 24.3 Å². The van der Waals surface area contributed by atoms with Gasteiger partial charge >= 0.3 is 0 Å². The summed E-state index contributed by atoms with van der Waals surface area (Å²) in [7, 11) is 0. The molecular formula is C10H9NOS. The normalized spacial score (nSPS) is 19.5. The van der Waals surface area contributed by atoms with Crippen LogP contribution >= 0.6 is 12.2 Å². The smallest absolute Gasteiger partial charge is 0.124 e. The molecule has 1 aliphatic heterocycles. The summed E-state index contributed by atoms with van der Waals surface area (Å²) in [6.45, 7) is 0.711. The van der Waals surface area contributed by atoms with Gasteiger partial charge in [0.15, 0.2) is 0 Å². The summed E-state index contributed by atoms with van der Waals surface area (Å²) < 4.78 is 5.48. The molecule has 0 N–H and O–H groups in total. The van der Waals surface area contributed by atoms with Crippen molar-refractivity contribution in [2.75, 3.05) is 6.61 Å². The molecule has 0 spiro atoms. The lowest BCUT2D eigenvalue weighted by Crippen LogP contribution is -2.12. The Hall–Kier alpha value is -1.18. The minimum absolute atomic E-state index is 0.141. The van der Waals surface area contributed by atoms with Crippen LogP contribution in [0.2, 0.25) is 0 Å². The van der Waals surface area contributed by atoms with E-state index in [2.05, 4.69) is 22.4 Å². The van der Waals surface area contributed by atoms with Crippen molar-refractivity contribution < 1.29 is 4.74 Å². The SMILES string of the molecule is S=C=NC1CCOc2ccccc21. The second-order valence-corrected chi connectivity index (χ2v) is 3.09. The molecule has 0 amide bonds. The number of aliphatic imine (C=N–C) groups is 1. The molecule has 0 radical (unpaired) electrons. The third kappa shape index (κ3) is 1.62. The van der Waals surface area contributed by atoms with E-state index in [1.54, 1.807) is 0 Å². The van der Waals surface area contributed by atoms with E-state index in [0.29, 0.717) is 6.61 Å². The number of rotatable bonds is 1. The fourth-order valence-corrected chi connectivity index (χ4v) is 1.65. The van der Waals surface area contributed by atoms with Crippen LogP contribution in [0.15, 0.2) is 29.3 Å². The summed E-state index contributed by atoms with van der Waals surface area (Å²) in [6, 6.07) is 8.07. The predicted molar refractivity (Wildman–Crippen MR) is 54.3 cm³/mol. The van der Waals surface area contributed by atoms with Gasteiger partial charge in [0.25, 0.3) is 0 Å². The molecule has 1 unspecified atom stereocenters. The highest BCUT2D eigenvalue weighted by Crippen LogP contribution is 2.33. The van der Waals surface area contributed by atoms with Crippen molar-refractivity contribution >= 4 is 17.4 Å². The molecule has 1 aliphatic rings. The molecule has 1 aromatic rings. The zero-order valence-electron chi connectivity index (χ0n) is 7.06. The number of benzene rings is 1. The summed E-state index contributed by atoms with van der Waals surface area (Å²) in [5.41, 5.74) is 1.12. The lowest BCUT2D eigenvalue weighted by atomic mass is 10.0. The van der Waals surface area contributed by atoms with Gasteiger partial charge in [0.1, 0.15) is 5.75 Å². The molecule has 0 aliphatic carbocycles. The van der Waals surface area contributed by atoms with Crippen LogP contribution in [-0.4, -0.2) is 11.8 Å². The number of hydrogen-bond acceptors (Lipinski definition) is 3. The minimum atomic E-state index is 0.141. The summed E-state index contributed by atoms with van der Waals surface area (Å²) in [6.07, 6.45) is 0.890. The number of fused-ring (bicyclic) bond motifs is 1. The number of nitrogens with zero attached hydrogens (tertiary/aromatic N) is 1. The van der Waals surface area contributed by atoms with E-state index >= 15 is 0 Å². The summed E-state index contributed by atoms with van der Waals surface area (Å²) in [5, 5.41) is 2.43. The molecule has 2 rings (SSSR count). The Balaban J connectivity index is 2.42. The maximum Gasteiger partial charge on any atom is 0.124 e. The Morgan fingerprint density at radius 2 is 2.31 bits per heavy atom. The predicted octanol–water partition coefficient (Wildman–Crippen LogP) is 2.61. The first kappa shape index (κ1) is 8.42. The topological polar surface area (TPSA) is 21.6 Å². The van der Waals surface area contributed by atoms with Gasteiger partial charge in [0.2, 0.25) is 0 Å². The van der Waals surface area contributed by atoms with Gasteiger partial charge in [0.05, 0.1) is 17.8 Å². The Morgan fingerprint density at radius 3 is 3.15 bits per heavy atom. The van der Waals surface area contributed by atoms with Gasteiger partial charge in [-0.1, -0.05) is 18.2 Å². The largest absolute Gasteiger partial charge is 0.493 e. The van der Waals surface area contributed by atoms with Crippen LogP contribution in [0.3, 0.4) is 0 Å². The molecule has 1 heterocycles. The standard InChI is InChI=1S/C10H9NOS/c13-7-11-9-5-6-12-10-4-2-1-3-8(9)10/h1-4,9H,5-6H2. The molecule has 0 aromatic heterocycles. The molecular weight excluding hydrogens is 182 g/mol. The summed E-state index contributed by atoms with van der Waals surface area (Å²) in [5.74, 6) is 0.924. The molecule has 13 heavy (non-hydrogen) atoms. The first-order valence-corrected chi connectivity index (χ1v) is 4.61. The van der Waals surface area contributed by atoms with E-state index in [9.17, 15) is 0 Å². The molecule has 1 aromatic carbocycles. The number of hydrogen-bond donors (Lipinski definition) is 0. The molecule has 0 saturated carbocycles. The van der Waals surface area contributed by atoms with Crippen LogP contribution in [0.5, 0.6) is 5.75 Å². The molecule has 0 saturated heterocycles. The quantitative estimate of drug-likeness (QED) is 0.502. The van der Waals surface area contributed by atoms with Crippen LogP contribution < -0.4 is 4.74 Å². The Labute approximate surface area is 82.3 Å². The van der Waals surface area contributed by atoms with E-state index in [1.165, 1.54) is 0 Å².